The standard InChI is InChI=1S/C19H16Cl2FN3O2/c1-10(16-12(20)5-6-13(22)17(16)21)27-15-8-11(9-25-19(15)23)18-14(26-2)4-3-7-24-18/h3-10H,1-2H3,(H2,23,25). The molecule has 2 heterocycles. The molecule has 27 heavy (non-hydrogen) atoms. The predicted molar refractivity (Wildman–Crippen MR) is 104 cm³/mol. The number of nitrogen functional groups attached to an aromatic ring is 1. The van der Waals surface area contributed by atoms with Gasteiger partial charge in [-0.2, -0.15) is 0 Å². The molecule has 3 rings (SSSR count). The summed E-state index contributed by atoms with van der Waals surface area (Å²) in [6.07, 6.45) is 2.55. The maximum Gasteiger partial charge on any atom is 0.166 e. The first-order valence-corrected chi connectivity index (χ1v) is 8.73. The van der Waals surface area contributed by atoms with Crippen LogP contribution in [0.4, 0.5) is 10.2 Å². The first kappa shape index (κ1) is 19.2. The van der Waals surface area contributed by atoms with Gasteiger partial charge in [0.05, 0.1) is 12.1 Å². The van der Waals surface area contributed by atoms with Crippen molar-refractivity contribution >= 4 is 29.0 Å². The molecule has 0 aliphatic heterocycles. The monoisotopic (exact) mass is 407 g/mol. The summed E-state index contributed by atoms with van der Waals surface area (Å²) in [7, 11) is 1.55. The van der Waals surface area contributed by atoms with Gasteiger partial charge < -0.3 is 15.2 Å². The van der Waals surface area contributed by atoms with Crippen LogP contribution >= 0.6 is 23.2 Å². The van der Waals surface area contributed by atoms with Crippen molar-refractivity contribution in [1.82, 2.24) is 9.97 Å². The Kier molecular flexibility index (Phi) is 5.68. The Hall–Kier alpha value is -2.57. The number of halogens is 3. The number of ether oxygens (including phenoxy) is 2. The molecule has 0 aliphatic carbocycles. The van der Waals surface area contributed by atoms with E-state index in [1.165, 1.54) is 12.1 Å². The van der Waals surface area contributed by atoms with Crippen LogP contribution in [-0.2, 0) is 0 Å². The zero-order chi connectivity index (χ0) is 19.6. The van der Waals surface area contributed by atoms with Gasteiger partial charge in [-0.1, -0.05) is 23.2 Å². The lowest BCUT2D eigenvalue weighted by atomic mass is 10.1. The second kappa shape index (κ2) is 7.98. The number of aromatic nitrogens is 2. The predicted octanol–water partition coefficient (Wildman–Crippen LogP) is 5.32. The lowest BCUT2D eigenvalue weighted by Gasteiger charge is -2.19. The van der Waals surface area contributed by atoms with Crippen LogP contribution in [-0.4, -0.2) is 17.1 Å². The van der Waals surface area contributed by atoms with Crippen molar-refractivity contribution in [1.29, 1.82) is 0 Å². The van der Waals surface area contributed by atoms with Crippen LogP contribution in [0.3, 0.4) is 0 Å². The van der Waals surface area contributed by atoms with Crippen LogP contribution in [0.15, 0.2) is 42.7 Å². The fourth-order valence-corrected chi connectivity index (χ4v) is 3.29. The Balaban J connectivity index is 1.98. The van der Waals surface area contributed by atoms with Crippen LogP contribution < -0.4 is 15.2 Å². The highest BCUT2D eigenvalue weighted by Gasteiger charge is 2.20. The molecule has 140 valence electrons. The van der Waals surface area contributed by atoms with E-state index in [2.05, 4.69) is 9.97 Å². The highest BCUT2D eigenvalue weighted by molar-refractivity contribution is 6.36. The van der Waals surface area contributed by atoms with Gasteiger partial charge >= 0.3 is 0 Å². The average molecular weight is 408 g/mol. The molecule has 1 atom stereocenters. The highest BCUT2D eigenvalue weighted by Crippen LogP contribution is 2.37. The van der Waals surface area contributed by atoms with Crippen molar-refractivity contribution in [3.8, 4) is 22.8 Å². The normalized spacial score (nSPS) is 11.9. The number of hydrogen-bond acceptors (Lipinski definition) is 5. The van der Waals surface area contributed by atoms with Crippen LogP contribution in [0.25, 0.3) is 11.3 Å². The first-order chi connectivity index (χ1) is 12.9. The third-order valence-corrected chi connectivity index (χ3v) is 4.65. The Morgan fingerprint density at radius 2 is 1.93 bits per heavy atom. The van der Waals surface area contributed by atoms with Crippen LogP contribution in [0.1, 0.15) is 18.6 Å². The van der Waals surface area contributed by atoms with Crippen molar-refractivity contribution < 1.29 is 13.9 Å². The number of hydrogen-bond donors (Lipinski definition) is 1. The molecule has 3 aromatic rings. The van der Waals surface area contributed by atoms with E-state index in [9.17, 15) is 4.39 Å². The Morgan fingerprint density at radius 3 is 2.67 bits per heavy atom. The number of nitrogens with zero attached hydrogens (tertiary/aromatic N) is 2. The van der Waals surface area contributed by atoms with E-state index in [1.807, 2.05) is 0 Å². The summed E-state index contributed by atoms with van der Waals surface area (Å²) in [4.78, 5) is 8.47. The molecular formula is C19H16Cl2FN3O2. The molecule has 2 aromatic heterocycles. The summed E-state index contributed by atoms with van der Waals surface area (Å²) in [6, 6.07) is 7.86. The van der Waals surface area contributed by atoms with Crippen molar-refractivity contribution in [2.75, 3.05) is 12.8 Å². The minimum atomic E-state index is -0.661. The molecule has 0 spiro atoms. The molecule has 1 aromatic carbocycles. The molecule has 1 unspecified atom stereocenters. The molecule has 0 fully saturated rings. The highest BCUT2D eigenvalue weighted by atomic mass is 35.5. The zero-order valence-corrected chi connectivity index (χ0v) is 16.1. The number of benzene rings is 1. The lowest BCUT2D eigenvalue weighted by Crippen LogP contribution is -2.08. The van der Waals surface area contributed by atoms with E-state index in [4.69, 9.17) is 38.4 Å². The molecule has 0 amide bonds. The van der Waals surface area contributed by atoms with E-state index in [0.717, 1.165) is 0 Å². The van der Waals surface area contributed by atoms with E-state index in [0.29, 0.717) is 33.3 Å². The minimum absolute atomic E-state index is 0.0934. The Morgan fingerprint density at radius 1 is 1.15 bits per heavy atom. The van der Waals surface area contributed by atoms with E-state index >= 15 is 0 Å². The van der Waals surface area contributed by atoms with Crippen LogP contribution in [0.5, 0.6) is 11.5 Å². The second-order valence-corrected chi connectivity index (χ2v) is 6.46. The van der Waals surface area contributed by atoms with Gasteiger partial charge in [-0.15, -0.1) is 0 Å². The molecule has 0 saturated heterocycles. The summed E-state index contributed by atoms with van der Waals surface area (Å²) < 4.78 is 25.0. The first-order valence-electron chi connectivity index (χ1n) is 7.97. The molecule has 0 radical (unpaired) electrons. The van der Waals surface area contributed by atoms with Gasteiger partial charge in [0.25, 0.3) is 0 Å². The number of nitrogens with two attached hydrogens (primary N) is 1. The number of methoxy groups -OCH3 is 1. The maximum absolute atomic E-state index is 13.8. The molecule has 2 N–H and O–H groups in total. The molecule has 0 aliphatic rings. The third kappa shape index (κ3) is 3.91. The maximum atomic E-state index is 13.8. The lowest BCUT2D eigenvalue weighted by molar-refractivity contribution is 0.227. The second-order valence-electron chi connectivity index (χ2n) is 5.68. The summed E-state index contributed by atoms with van der Waals surface area (Å²) >= 11 is 12.2. The molecule has 0 bridgehead atoms. The summed E-state index contributed by atoms with van der Waals surface area (Å²) in [5.41, 5.74) is 7.52. The number of anilines is 1. The Bertz CT molecular complexity index is 985. The van der Waals surface area contributed by atoms with E-state index < -0.39 is 11.9 Å². The van der Waals surface area contributed by atoms with E-state index in [-0.39, 0.29) is 10.8 Å². The fraction of sp³-hybridized carbons (Fsp3) is 0.158. The largest absolute Gasteiger partial charge is 0.494 e. The van der Waals surface area contributed by atoms with Crippen LogP contribution in [0.2, 0.25) is 10.0 Å². The quantitative estimate of drug-likeness (QED) is 0.579. The van der Waals surface area contributed by atoms with Gasteiger partial charge in [-0.25, -0.2) is 9.37 Å². The molecule has 5 nitrogen and oxygen atoms in total. The third-order valence-electron chi connectivity index (χ3n) is 3.94. The summed E-state index contributed by atoms with van der Waals surface area (Å²) in [6.45, 7) is 1.69. The topological polar surface area (TPSA) is 70.3 Å². The summed E-state index contributed by atoms with van der Waals surface area (Å²) in [5, 5.41) is 0.201. The smallest absolute Gasteiger partial charge is 0.166 e. The Labute approximate surface area is 165 Å². The van der Waals surface area contributed by atoms with Crippen molar-refractivity contribution in [2.24, 2.45) is 0 Å². The van der Waals surface area contributed by atoms with Gasteiger partial charge in [-0.05, 0) is 37.3 Å². The zero-order valence-electron chi connectivity index (χ0n) is 14.5. The van der Waals surface area contributed by atoms with Crippen molar-refractivity contribution in [3.05, 3.63) is 64.2 Å². The van der Waals surface area contributed by atoms with Gasteiger partial charge in [0.2, 0.25) is 0 Å². The van der Waals surface area contributed by atoms with Crippen molar-refractivity contribution in [3.63, 3.8) is 0 Å². The summed E-state index contributed by atoms with van der Waals surface area (Å²) in [5.74, 6) is 0.470. The van der Waals surface area contributed by atoms with Gasteiger partial charge in [0.15, 0.2) is 11.6 Å². The van der Waals surface area contributed by atoms with E-state index in [1.54, 1.807) is 44.6 Å². The van der Waals surface area contributed by atoms with Crippen molar-refractivity contribution in [2.45, 2.75) is 13.0 Å². The SMILES string of the molecule is COc1cccnc1-c1cnc(N)c(OC(C)c2c(Cl)ccc(F)c2Cl)c1. The van der Waals surface area contributed by atoms with Gasteiger partial charge in [0, 0.05) is 28.5 Å². The van der Waals surface area contributed by atoms with Gasteiger partial charge in [-0.3, -0.25) is 4.98 Å². The minimum Gasteiger partial charge on any atom is -0.494 e. The molecule has 8 heteroatoms. The van der Waals surface area contributed by atoms with Crippen LogP contribution in [0, 0.1) is 5.82 Å². The molecule has 0 saturated carbocycles. The number of rotatable bonds is 5. The molecular weight excluding hydrogens is 392 g/mol. The fourth-order valence-electron chi connectivity index (χ4n) is 2.62. The number of pyridine rings is 2. The average Bonchev–Trinajstić information content (AvgIpc) is 2.67. The van der Waals surface area contributed by atoms with Gasteiger partial charge in [0.1, 0.15) is 23.4 Å².